The van der Waals surface area contributed by atoms with Crippen molar-refractivity contribution < 1.29 is 4.79 Å². The van der Waals surface area contributed by atoms with E-state index in [1.54, 1.807) is 24.3 Å². The number of nitrogens with two attached hydrogens (primary N) is 1. The lowest BCUT2D eigenvalue weighted by molar-refractivity contribution is 0.102. The van der Waals surface area contributed by atoms with Gasteiger partial charge in [-0.3, -0.25) is 4.79 Å². The largest absolute Gasteiger partial charge is 0.384 e. The zero-order valence-corrected chi connectivity index (χ0v) is 12.3. The smallest absolute Gasteiger partial charge is 0.274 e. The fourth-order valence-electron chi connectivity index (χ4n) is 1.36. The second-order valence-corrected chi connectivity index (χ2v) is 5.30. The molecule has 0 fully saturated rings. The van der Waals surface area contributed by atoms with E-state index in [4.69, 9.17) is 5.73 Å². The SMILES string of the molecule is Nc1cccc(C(=O)Nc2cc(Br)ccc2Br)n1. The van der Waals surface area contributed by atoms with E-state index in [1.807, 2.05) is 12.1 Å². The lowest BCUT2D eigenvalue weighted by Crippen LogP contribution is -2.14. The standard InChI is InChI=1S/C12H9Br2N3O/c13-7-4-5-8(14)10(6-7)17-12(18)9-2-1-3-11(15)16-9/h1-6H,(H2,15,16)(H,17,18). The van der Waals surface area contributed by atoms with Gasteiger partial charge in [0.05, 0.1) is 5.69 Å². The maximum Gasteiger partial charge on any atom is 0.274 e. The van der Waals surface area contributed by atoms with Crippen molar-refractivity contribution >= 4 is 49.3 Å². The van der Waals surface area contributed by atoms with E-state index in [1.165, 1.54) is 0 Å². The quantitative estimate of drug-likeness (QED) is 0.850. The number of benzene rings is 1. The summed E-state index contributed by atoms with van der Waals surface area (Å²) in [5, 5.41) is 2.76. The number of rotatable bonds is 2. The van der Waals surface area contributed by atoms with Crippen LogP contribution in [0, 0.1) is 0 Å². The molecule has 0 atom stereocenters. The number of pyridine rings is 1. The first-order chi connectivity index (χ1) is 8.56. The van der Waals surface area contributed by atoms with Gasteiger partial charge < -0.3 is 11.1 Å². The summed E-state index contributed by atoms with van der Waals surface area (Å²) >= 11 is 6.71. The Kier molecular flexibility index (Phi) is 3.98. The van der Waals surface area contributed by atoms with Gasteiger partial charge in [0.2, 0.25) is 0 Å². The molecule has 1 amide bonds. The number of carbonyl (C=O) groups excluding carboxylic acids is 1. The molecule has 0 spiro atoms. The average molecular weight is 371 g/mol. The fourth-order valence-corrected chi connectivity index (χ4v) is 2.06. The summed E-state index contributed by atoms with van der Waals surface area (Å²) in [6, 6.07) is 10.4. The monoisotopic (exact) mass is 369 g/mol. The van der Waals surface area contributed by atoms with E-state index in [-0.39, 0.29) is 11.6 Å². The highest BCUT2D eigenvalue weighted by molar-refractivity contribution is 9.11. The van der Waals surface area contributed by atoms with E-state index >= 15 is 0 Å². The Bertz CT molecular complexity index is 602. The predicted molar refractivity (Wildman–Crippen MR) is 78.4 cm³/mol. The van der Waals surface area contributed by atoms with Gasteiger partial charge in [-0.1, -0.05) is 22.0 Å². The first kappa shape index (κ1) is 13.0. The second-order valence-electron chi connectivity index (χ2n) is 3.53. The number of amides is 1. The van der Waals surface area contributed by atoms with Crippen LogP contribution in [0.3, 0.4) is 0 Å². The molecule has 0 saturated heterocycles. The molecule has 0 radical (unpaired) electrons. The number of nitrogen functional groups attached to an aromatic ring is 1. The molecule has 1 aromatic carbocycles. The molecule has 4 nitrogen and oxygen atoms in total. The Morgan fingerprint density at radius 3 is 2.72 bits per heavy atom. The number of carbonyl (C=O) groups is 1. The van der Waals surface area contributed by atoms with Crippen molar-refractivity contribution in [1.82, 2.24) is 4.98 Å². The molecule has 0 aliphatic carbocycles. The molecule has 1 aromatic heterocycles. The zero-order valence-electron chi connectivity index (χ0n) is 9.15. The van der Waals surface area contributed by atoms with Crippen molar-refractivity contribution in [1.29, 1.82) is 0 Å². The Balaban J connectivity index is 2.24. The van der Waals surface area contributed by atoms with Gasteiger partial charge in [0.25, 0.3) is 5.91 Å². The van der Waals surface area contributed by atoms with Gasteiger partial charge >= 0.3 is 0 Å². The van der Waals surface area contributed by atoms with Crippen molar-refractivity contribution in [3.05, 3.63) is 51.0 Å². The maximum atomic E-state index is 12.0. The van der Waals surface area contributed by atoms with Gasteiger partial charge in [-0.25, -0.2) is 4.98 Å². The molecule has 1 heterocycles. The molecule has 0 aliphatic heterocycles. The molecule has 0 unspecified atom stereocenters. The number of nitrogens with zero attached hydrogens (tertiary/aromatic N) is 1. The van der Waals surface area contributed by atoms with E-state index in [0.29, 0.717) is 11.5 Å². The lowest BCUT2D eigenvalue weighted by Gasteiger charge is -2.07. The minimum absolute atomic E-state index is 0.280. The van der Waals surface area contributed by atoms with E-state index in [9.17, 15) is 4.79 Å². The normalized spacial score (nSPS) is 10.1. The molecule has 6 heteroatoms. The molecule has 2 rings (SSSR count). The Morgan fingerprint density at radius 1 is 1.22 bits per heavy atom. The van der Waals surface area contributed by atoms with Gasteiger partial charge in [0.1, 0.15) is 11.5 Å². The van der Waals surface area contributed by atoms with Crippen molar-refractivity contribution in [3.63, 3.8) is 0 Å². The van der Waals surface area contributed by atoms with Crippen molar-refractivity contribution in [2.75, 3.05) is 11.1 Å². The summed E-state index contributed by atoms with van der Waals surface area (Å²) < 4.78 is 1.67. The van der Waals surface area contributed by atoms with Crippen molar-refractivity contribution in [2.24, 2.45) is 0 Å². The van der Waals surface area contributed by atoms with Gasteiger partial charge in [-0.15, -0.1) is 0 Å². The highest BCUT2D eigenvalue weighted by Gasteiger charge is 2.10. The number of hydrogen-bond donors (Lipinski definition) is 2. The van der Waals surface area contributed by atoms with Gasteiger partial charge in [0, 0.05) is 8.95 Å². The van der Waals surface area contributed by atoms with Crippen LogP contribution in [0.5, 0.6) is 0 Å². The van der Waals surface area contributed by atoms with Crippen LogP contribution in [0.25, 0.3) is 0 Å². The van der Waals surface area contributed by atoms with Gasteiger partial charge in [0.15, 0.2) is 0 Å². The summed E-state index contributed by atoms with van der Waals surface area (Å²) in [5.74, 6) is 0.0112. The molecule has 0 aliphatic rings. The molecule has 18 heavy (non-hydrogen) atoms. The van der Waals surface area contributed by atoms with Gasteiger partial charge in [-0.05, 0) is 46.3 Å². The minimum atomic E-state index is -0.305. The first-order valence-corrected chi connectivity index (χ1v) is 6.64. The fraction of sp³-hybridized carbons (Fsp3) is 0. The third-order valence-corrected chi connectivity index (χ3v) is 3.36. The van der Waals surface area contributed by atoms with E-state index < -0.39 is 0 Å². The van der Waals surface area contributed by atoms with Crippen molar-refractivity contribution in [2.45, 2.75) is 0 Å². The molecule has 0 saturated carbocycles. The summed E-state index contributed by atoms with van der Waals surface area (Å²) in [4.78, 5) is 15.9. The number of aromatic nitrogens is 1. The molecule has 0 bridgehead atoms. The highest BCUT2D eigenvalue weighted by Crippen LogP contribution is 2.26. The minimum Gasteiger partial charge on any atom is -0.384 e. The average Bonchev–Trinajstić information content (AvgIpc) is 2.34. The molecular formula is C12H9Br2N3O. The first-order valence-electron chi connectivity index (χ1n) is 5.05. The van der Waals surface area contributed by atoms with E-state index in [2.05, 4.69) is 42.2 Å². The van der Waals surface area contributed by atoms with Crippen LogP contribution in [0.15, 0.2) is 45.3 Å². The van der Waals surface area contributed by atoms with Crippen molar-refractivity contribution in [3.8, 4) is 0 Å². The van der Waals surface area contributed by atoms with Crippen LogP contribution >= 0.6 is 31.9 Å². The summed E-state index contributed by atoms with van der Waals surface area (Å²) in [6.45, 7) is 0. The van der Waals surface area contributed by atoms with Crippen LogP contribution < -0.4 is 11.1 Å². The van der Waals surface area contributed by atoms with Crippen LogP contribution in [0.1, 0.15) is 10.5 Å². The highest BCUT2D eigenvalue weighted by atomic mass is 79.9. The van der Waals surface area contributed by atoms with Gasteiger partial charge in [-0.2, -0.15) is 0 Å². The van der Waals surface area contributed by atoms with Crippen LogP contribution in [-0.2, 0) is 0 Å². The number of nitrogens with one attached hydrogen (secondary N) is 1. The van der Waals surface area contributed by atoms with Crippen LogP contribution in [0.2, 0.25) is 0 Å². The number of anilines is 2. The van der Waals surface area contributed by atoms with E-state index in [0.717, 1.165) is 8.95 Å². The molecule has 2 aromatic rings. The third-order valence-electron chi connectivity index (χ3n) is 2.18. The predicted octanol–water partition coefficient (Wildman–Crippen LogP) is 3.44. The third kappa shape index (κ3) is 3.08. The maximum absolute atomic E-state index is 12.0. The van der Waals surface area contributed by atoms with Crippen LogP contribution in [0.4, 0.5) is 11.5 Å². The summed E-state index contributed by atoms with van der Waals surface area (Å²) in [5.41, 5.74) is 6.48. The summed E-state index contributed by atoms with van der Waals surface area (Å²) in [7, 11) is 0. The molecular weight excluding hydrogens is 362 g/mol. The summed E-state index contributed by atoms with van der Waals surface area (Å²) in [6.07, 6.45) is 0. The Hall–Kier alpha value is -1.40. The second kappa shape index (κ2) is 5.49. The zero-order chi connectivity index (χ0) is 13.1. The molecule has 92 valence electrons. The number of halogens is 2. The Labute approximate surface area is 121 Å². The number of hydrogen-bond acceptors (Lipinski definition) is 3. The lowest BCUT2D eigenvalue weighted by atomic mass is 10.3. The topological polar surface area (TPSA) is 68.0 Å². The molecule has 3 N–H and O–H groups in total. The Morgan fingerprint density at radius 2 is 2.00 bits per heavy atom. The van der Waals surface area contributed by atoms with Crippen LogP contribution in [-0.4, -0.2) is 10.9 Å².